The van der Waals surface area contributed by atoms with Gasteiger partial charge >= 0.3 is 5.97 Å². The quantitative estimate of drug-likeness (QED) is 0.621. The van der Waals surface area contributed by atoms with Gasteiger partial charge in [0.15, 0.2) is 0 Å². The summed E-state index contributed by atoms with van der Waals surface area (Å²) in [6.07, 6.45) is 0. The molecule has 0 saturated carbocycles. The second kappa shape index (κ2) is 6.99. The Balaban J connectivity index is 2.04. The number of ether oxygens (including phenoxy) is 3. The highest BCUT2D eigenvalue weighted by Crippen LogP contribution is 2.29. The second-order valence-electron chi connectivity index (χ2n) is 4.33. The highest BCUT2D eigenvalue weighted by atomic mass is 35.5. The first-order chi connectivity index (χ1) is 10.1. The number of carbonyl (C=O) groups excluding carboxylic acids is 1. The van der Waals surface area contributed by atoms with Gasteiger partial charge in [0.2, 0.25) is 0 Å². The lowest BCUT2D eigenvalue weighted by atomic mass is 10.2. The van der Waals surface area contributed by atoms with Crippen molar-refractivity contribution >= 4 is 17.6 Å². The van der Waals surface area contributed by atoms with Crippen LogP contribution in [0.15, 0.2) is 42.5 Å². The van der Waals surface area contributed by atoms with Crippen LogP contribution in [0, 0.1) is 0 Å². The Morgan fingerprint density at radius 1 is 1.14 bits per heavy atom. The largest absolute Gasteiger partial charge is 0.497 e. The summed E-state index contributed by atoms with van der Waals surface area (Å²) in [5, 5.41) is 0.386. The van der Waals surface area contributed by atoms with Gasteiger partial charge in [-0.05, 0) is 29.8 Å². The molecule has 4 nitrogen and oxygen atoms in total. The Bertz CT molecular complexity index is 640. The summed E-state index contributed by atoms with van der Waals surface area (Å²) < 4.78 is 15.8. The van der Waals surface area contributed by atoms with Gasteiger partial charge in [0, 0.05) is 13.0 Å². The first-order valence-corrected chi connectivity index (χ1v) is 6.70. The minimum Gasteiger partial charge on any atom is -0.497 e. The molecule has 0 spiro atoms. The summed E-state index contributed by atoms with van der Waals surface area (Å²) in [5.41, 5.74) is 0.967. The van der Waals surface area contributed by atoms with Crippen molar-refractivity contribution in [3.05, 3.63) is 53.1 Å². The van der Waals surface area contributed by atoms with Gasteiger partial charge in [-0.2, -0.15) is 0 Å². The number of hydrogen-bond donors (Lipinski definition) is 0. The third-order valence-corrected chi connectivity index (χ3v) is 2.99. The van der Waals surface area contributed by atoms with E-state index in [0.29, 0.717) is 23.1 Å². The Labute approximate surface area is 128 Å². The molecule has 2 rings (SSSR count). The summed E-state index contributed by atoms with van der Waals surface area (Å²) in [6.45, 7) is 1.70. The fourth-order valence-electron chi connectivity index (χ4n) is 1.75. The number of halogens is 1. The van der Waals surface area contributed by atoms with Crippen LogP contribution in [0.5, 0.6) is 17.2 Å². The van der Waals surface area contributed by atoms with Gasteiger partial charge in [0.25, 0.3) is 0 Å². The molecular formula is C16H15ClO4. The normalized spacial score (nSPS) is 10.0. The highest BCUT2D eigenvalue weighted by molar-refractivity contribution is 6.32. The van der Waals surface area contributed by atoms with Crippen molar-refractivity contribution in [3.63, 3.8) is 0 Å². The Hall–Kier alpha value is -2.20. The van der Waals surface area contributed by atoms with E-state index in [-0.39, 0.29) is 0 Å². The predicted molar refractivity (Wildman–Crippen MR) is 80.1 cm³/mol. The molecule has 5 heteroatoms. The fraction of sp³-hybridized carbons (Fsp3) is 0.188. The molecule has 0 aliphatic heterocycles. The molecule has 21 heavy (non-hydrogen) atoms. The average Bonchev–Trinajstić information content (AvgIpc) is 2.46. The number of carbonyl (C=O) groups is 1. The van der Waals surface area contributed by atoms with Crippen LogP contribution < -0.4 is 14.2 Å². The SMILES string of the molecule is COc1cccc(COc2ccc(OC(C)=O)cc2Cl)c1. The van der Waals surface area contributed by atoms with Crippen LogP contribution in [0.25, 0.3) is 0 Å². The molecule has 0 heterocycles. The van der Waals surface area contributed by atoms with Gasteiger partial charge in [-0.3, -0.25) is 4.79 Å². The zero-order valence-corrected chi connectivity index (χ0v) is 12.5. The van der Waals surface area contributed by atoms with Crippen molar-refractivity contribution in [2.45, 2.75) is 13.5 Å². The van der Waals surface area contributed by atoms with Crippen LogP contribution in [0.2, 0.25) is 5.02 Å². The summed E-state index contributed by atoms with van der Waals surface area (Å²) in [4.78, 5) is 10.9. The van der Waals surface area contributed by atoms with Crippen molar-refractivity contribution in [2.75, 3.05) is 7.11 Å². The van der Waals surface area contributed by atoms with Gasteiger partial charge in [-0.25, -0.2) is 0 Å². The van der Waals surface area contributed by atoms with Crippen molar-refractivity contribution in [1.29, 1.82) is 0 Å². The van der Waals surface area contributed by atoms with Crippen LogP contribution in [-0.2, 0) is 11.4 Å². The van der Waals surface area contributed by atoms with Crippen molar-refractivity contribution in [2.24, 2.45) is 0 Å². The van der Waals surface area contributed by atoms with Crippen LogP contribution in [-0.4, -0.2) is 13.1 Å². The molecule has 0 fully saturated rings. The van der Waals surface area contributed by atoms with Crippen molar-refractivity contribution in [3.8, 4) is 17.2 Å². The van der Waals surface area contributed by atoms with E-state index in [2.05, 4.69) is 0 Å². The molecule has 0 radical (unpaired) electrons. The minimum atomic E-state index is -0.392. The molecule has 0 atom stereocenters. The number of hydrogen-bond acceptors (Lipinski definition) is 4. The first kappa shape index (κ1) is 15.2. The van der Waals surface area contributed by atoms with Gasteiger partial charge in [-0.1, -0.05) is 23.7 Å². The zero-order chi connectivity index (χ0) is 15.2. The smallest absolute Gasteiger partial charge is 0.308 e. The molecule has 0 unspecified atom stereocenters. The lowest BCUT2D eigenvalue weighted by molar-refractivity contribution is -0.131. The number of methoxy groups -OCH3 is 1. The van der Waals surface area contributed by atoms with Gasteiger partial charge in [0.1, 0.15) is 23.9 Å². The molecule has 110 valence electrons. The molecule has 0 N–H and O–H groups in total. The van der Waals surface area contributed by atoms with E-state index in [1.807, 2.05) is 24.3 Å². The van der Waals surface area contributed by atoms with Gasteiger partial charge in [-0.15, -0.1) is 0 Å². The van der Waals surface area contributed by atoms with E-state index in [4.69, 9.17) is 25.8 Å². The Morgan fingerprint density at radius 2 is 1.95 bits per heavy atom. The van der Waals surface area contributed by atoms with Crippen LogP contribution >= 0.6 is 11.6 Å². The van der Waals surface area contributed by atoms with E-state index >= 15 is 0 Å². The lowest BCUT2D eigenvalue weighted by Gasteiger charge is -2.10. The summed E-state index contributed by atoms with van der Waals surface area (Å²) in [6, 6.07) is 12.4. The Kier molecular flexibility index (Phi) is 5.06. The van der Waals surface area contributed by atoms with Crippen LogP contribution in [0.1, 0.15) is 12.5 Å². The van der Waals surface area contributed by atoms with E-state index in [9.17, 15) is 4.79 Å². The van der Waals surface area contributed by atoms with E-state index in [0.717, 1.165) is 11.3 Å². The summed E-state index contributed by atoms with van der Waals surface area (Å²) in [7, 11) is 1.62. The van der Waals surface area contributed by atoms with E-state index in [1.54, 1.807) is 25.3 Å². The monoisotopic (exact) mass is 306 g/mol. The molecule has 0 aliphatic rings. The molecule has 0 amide bonds. The number of benzene rings is 2. The summed E-state index contributed by atoms with van der Waals surface area (Å²) in [5.74, 6) is 1.29. The molecule has 2 aromatic rings. The number of esters is 1. The fourth-order valence-corrected chi connectivity index (χ4v) is 1.98. The maximum absolute atomic E-state index is 10.9. The lowest BCUT2D eigenvalue weighted by Crippen LogP contribution is -2.01. The molecule has 0 aliphatic carbocycles. The number of rotatable bonds is 5. The summed E-state index contributed by atoms with van der Waals surface area (Å²) >= 11 is 6.10. The highest BCUT2D eigenvalue weighted by Gasteiger charge is 2.06. The topological polar surface area (TPSA) is 44.8 Å². The average molecular weight is 307 g/mol. The predicted octanol–water partition coefficient (Wildman–Crippen LogP) is 3.85. The first-order valence-electron chi connectivity index (χ1n) is 6.32. The van der Waals surface area contributed by atoms with Crippen molar-refractivity contribution < 1.29 is 19.0 Å². The third kappa shape index (κ3) is 4.39. The van der Waals surface area contributed by atoms with E-state index < -0.39 is 5.97 Å². The zero-order valence-electron chi connectivity index (χ0n) is 11.8. The molecule has 0 saturated heterocycles. The standard InChI is InChI=1S/C16H15ClO4/c1-11(18)21-14-6-7-16(15(17)9-14)20-10-12-4-3-5-13(8-12)19-2/h3-9H,10H2,1-2H3. The van der Waals surface area contributed by atoms with E-state index in [1.165, 1.54) is 6.92 Å². The minimum absolute atomic E-state index is 0.365. The third-order valence-electron chi connectivity index (χ3n) is 2.69. The molecular weight excluding hydrogens is 292 g/mol. The molecule has 0 aromatic heterocycles. The van der Waals surface area contributed by atoms with Gasteiger partial charge in [0.05, 0.1) is 12.1 Å². The molecule has 0 bridgehead atoms. The maximum Gasteiger partial charge on any atom is 0.308 e. The van der Waals surface area contributed by atoms with Crippen LogP contribution in [0.3, 0.4) is 0 Å². The molecule has 2 aromatic carbocycles. The maximum atomic E-state index is 10.9. The second-order valence-corrected chi connectivity index (χ2v) is 4.73. The van der Waals surface area contributed by atoms with Crippen molar-refractivity contribution in [1.82, 2.24) is 0 Å². The van der Waals surface area contributed by atoms with Crippen LogP contribution in [0.4, 0.5) is 0 Å². The van der Waals surface area contributed by atoms with Gasteiger partial charge < -0.3 is 14.2 Å². The Morgan fingerprint density at radius 3 is 2.62 bits per heavy atom.